The average Bonchev–Trinajstić information content (AvgIpc) is 2.59. The lowest BCUT2D eigenvalue weighted by Gasteiger charge is -2.18. The number of alkyl halides is 1. The zero-order valence-electron chi connectivity index (χ0n) is 8.42. The van der Waals surface area contributed by atoms with Crippen LogP contribution < -0.4 is 0 Å². The van der Waals surface area contributed by atoms with Crippen LogP contribution in [0, 0.1) is 6.92 Å². The molecule has 1 aromatic heterocycles. The van der Waals surface area contributed by atoms with Crippen molar-refractivity contribution in [2.75, 3.05) is 19.0 Å². The van der Waals surface area contributed by atoms with Crippen LogP contribution in [0.4, 0.5) is 0 Å². The Morgan fingerprint density at radius 3 is 2.79 bits per heavy atom. The molecule has 14 heavy (non-hydrogen) atoms. The van der Waals surface area contributed by atoms with Crippen LogP contribution in [-0.4, -0.2) is 29.8 Å². The van der Waals surface area contributed by atoms with E-state index in [0.717, 1.165) is 5.56 Å². The second kappa shape index (κ2) is 5.05. The second-order valence-corrected chi connectivity index (χ2v) is 3.38. The van der Waals surface area contributed by atoms with Crippen molar-refractivity contribution in [3.63, 3.8) is 0 Å². The first-order chi connectivity index (χ1) is 6.70. The smallest absolute Gasteiger partial charge is 0.289 e. The van der Waals surface area contributed by atoms with Crippen LogP contribution in [0.25, 0.3) is 0 Å². The maximum Gasteiger partial charge on any atom is 0.289 e. The maximum absolute atomic E-state index is 11.8. The fourth-order valence-corrected chi connectivity index (χ4v) is 1.44. The highest BCUT2D eigenvalue weighted by Crippen LogP contribution is 2.11. The molecule has 1 rings (SSSR count). The monoisotopic (exact) mass is 215 g/mol. The molecular weight excluding hydrogens is 202 g/mol. The van der Waals surface area contributed by atoms with E-state index >= 15 is 0 Å². The molecule has 1 heterocycles. The number of carbonyl (C=O) groups is 1. The van der Waals surface area contributed by atoms with E-state index < -0.39 is 0 Å². The molecular formula is C10H14ClNO2. The quantitative estimate of drug-likeness (QED) is 0.723. The minimum absolute atomic E-state index is 0.0874. The number of amides is 1. The Hall–Kier alpha value is -0.960. The van der Waals surface area contributed by atoms with Gasteiger partial charge in [0.2, 0.25) is 0 Å². The van der Waals surface area contributed by atoms with Gasteiger partial charge in [0.1, 0.15) is 0 Å². The average molecular weight is 216 g/mol. The molecule has 4 heteroatoms. The molecule has 0 aliphatic rings. The van der Waals surface area contributed by atoms with E-state index in [9.17, 15) is 4.79 Å². The molecule has 0 unspecified atom stereocenters. The first kappa shape index (κ1) is 11.1. The van der Waals surface area contributed by atoms with Crippen molar-refractivity contribution >= 4 is 17.5 Å². The van der Waals surface area contributed by atoms with Crippen LogP contribution in [0.1, 0.15) is 23.0 Å². The largest absolute Gasteiger partial charge is 0.459 e. The number of hydrogen-bond acceptors (Lipinski definition) is 2. The zero-order valence-corrected chi connectivity index (χ0v) is 9.17. The van der Waals surface area contributed by atoms with Crippen LogP contribution in [0.2, 0.25) is 0 Å². The van der Waals surface area contributed by atoms with E-state index in [0.29, 0.717) is 24.7 Å². The van der Waals surface area contributed by atoms with Crippen molar-refractivity contribution in [1.82, 2.24) is 4.90 Å². The number of hydrogen-bond donors (Lipinski definition) is 0. The van der Waals surface area contributed by atoms with Gasteiger partial charge in [0.05, 0.1) is 6.26 Å². The van der Waals surface area contributed by atoms with E-state index in [1.54, 1.807) is 11.0 Å². The summed E-state index contributed by atoms with van der Waals surface area (Å²) in [4.78, 5) is 13.5. The van der Waals surface area contributed by atoms with Crippen LogP contribution in [0.15, 0.2) is 16.7 Å². The maximum atomic E-state index is 11.8. The lowest BCUT2D eigenvalue weighted by atomic mass is 10.2. The normalized spacial score (nSPS) is 10.2. The SMILES string of the molecule is CCN(CCCl)C(=O)c1occc1C. The number of furan rings is 1. The van der Waals surface area contributed by atoms with Gasteiger partial charge in [-0.1, -0.05) is 0 Å². The number of nitrogens with zero attached hydrogens (tertiary/aromatic N) is 1. The molecule has 0 aliphatic carbocycles. The molecule has 0 saturated heterocycles. The highest BCUT2D eigenvalue weighted by atomic mass is 35.5. The van der Waals surface area contributed by atoms with Gasteiger partial charge in [-0.15, -0.1) is 11.6 Å². The number of halogens is 1. The Kier molecular flexibility index (Phi) is 4.01. The fourth-order valence-electron chi connectivity index (χ4n) is 1.24. The molecule has 0 spiro atoms. The topological polar surface area (TPSA) is 33.5 Å². The van der Waals surface area contributed by atoms with Crippen LogP contribution in [0.3, 0.4) is 0 Å². The second-order valence-electron chi connectivity index (χ2n) is 3.01. The molecule has 1 amide bonds. The minimum atomic E-state index is -0.0874. The van der Waals surface area contributed by atoms with Gasteiger partial charge in [-0.3, -0.25) is 4.79 Å². The van der Waals surface area contributed by atoms with Gasteiger partial charge in [-0.05, 0) is 19.9 Å². The summed E-state index contributed by atoms with van der Waals surface area (Å²) >= 11 is 5.60. The molecule has 0 saturated carbocycles. The Balaban J connectivity index is 2.78. The van der Waals surface area contributed by atoms with Crippen molar-refractivity contribution in [3.05, 3.63) is 23.7 Å². The Morgan fingerprint density at radius 2 is 2.36 bits per heavy atom. The molecule has 0 N–H and O–H groups in total. The summed E-state index contributed by atoms with van der Waals surface area (Å²) in [5.41, 5.74) is 0.864. The van der Waals surface area contributed by atoms with E-state index in [1.807, 2.05) is 13.8 Å². The number of carbonyl (C=O) groups excluding carboxylic acids is 1. The molecule has 1 aromatic rings. The third kappa shape index (κ3) is 2.29. The number of aryl methyl sites for hydroxylation is 1. The summed E-state index contributed by atoms with van der Waals surface area (Å²) in [5.74, 6) is 0.770. The summed E-state index contributed by atoms with van der Waals surface area (Å²) < 4.78 is 5.12. The van der Waals surface area contributed by atoms with Gasteiger partial charge in [0, 0.05) is 24.5 Å². The molecule has 0 atom stereocenters. The summed E-state index contributed by atoms with van der Waals surface area (Å²) in [6.07, 6.45) is 1.52. The van der Waals surface area contributed by atoms with Gasteiger partial charge < -0.3 is 9.32 Å². The van der Waals surface area contributed by atoms with Crippen molar-refractivity contribution in [2.45, 2.75) is 13.8 Å². The van der Waals surface area contributed by atoms with E-state index in [2.05, 4.69) is 0 Å². The van der Waals surface area contributed by atoms with Crippen LogP contribution in [0.5, 0.6) is 0 Å². The highest BCUT2D eigenvalue weighted by Gasteiger charge is 2.18. The first-order valence-electron chi connectivity index (χ1n) is 4.60. The van der Waals surface area contributed by atoms with Crippen LogP contribution >= 0.6 is 11.6 Å². The van der Waals surface area contributed by atoms with Gasteiger partial charge in [0.15, 0.2) is 5.76 Å². The van der Waals surface area contributed by atoms with Crippen LogP contribution in [-0.2, 0) is 0 Å². The standard InChI is InChI=1S/C10H14ClNO2/c1-3-12(6-5-11)10(13)9-8(2)4-7-14-9/h4,7H,3,5-6H2,1-2H3. The predicted molar refractivity (Wildman–Crippen MR) is 55.7 cm³/mol. The fraction of sp³-hybridized carbons (Fsp3) is 0.500. The van der Waals surface area contributed by atoms with E-state index in [4.69, 9.17) is 16.0 Å². The minimum Gasteiger partial charge on any atom is -0.459 e. The Bertz CT molecular complexity index is 309. The first-order valence-corrected chi connectivity index (χ1v) is 5.13. The predicted octanol–water partition coefficient (Wildman–Crippen LogP) is 2.29. The Labute approximate surface area is 88.6 Å². The summed E-state index contributed by atoms with van der Waals surface area (Å²) in [7, 11) is 0. The number of rotatable bonds is 4. The highest BCUT2D eigenvalue weighted by molar-refractivity contribution is 6.18. The lowest BCUT2D eigenvalue weighted by molar-refractivity contribution is 0.0741. The van der Waals surface area contributed by atoms with Crippen molar-refractivity contribution in [2.24, 2.45) is 0 Å². The third-order valence-corrected chi connectivity index (χ3v) is 2.25. The van der Waals surface area contributed by atoms with Gasteiger partial charge in [0.25, 0.3) is 5.91 Å². The molecule has 0 bridgehead atoms. The molecule has 0 fully saturated rings. The lowest BCUT2D eigenvalue weighted by Crippen LogP contribution is -2.32. The summed E-state index contributed by atoms with van der Waals surface area (Å²) in [5, 5.41) is 0. The summed E-state index contributed by atoms with van der Waals surface area (Å²) in [6, 6.07) is 1.78. The van der Waals surface area contributed by atoms with Gasteiger partial charge in [-0.2, -0.15) is 0 Å². The van der Waals surface area contributed by atoms with E-state index in [-0.39, 0.29) is 5.91 Å². The molecule has 78 valence electrons. The van der Waals surface area contributed by atoms with Gasteiger partial charge >= 0.3 is 0 Å². The van der Waals surface area contributed by atoms with Crippen molar-refractivity contribution < 1.29 is 9.21 Å². The Morgan fingerprint density at radius 1 is 1.64 bits per heavy atom. The molecule has 3 nitrogen and oxygen atoms in total. The van der Waals surface area contributed by atoms with E-state index in [1.165, 1.54) is 6.26 Å². The molecule has 0 aromatic carbocycles. The zero-order chi connectivity index (χ0) is 10.6. The molecule has 0 radical (unpaired) electrons. The van der Waals surface area contributed by atoms with Crippen molar-refractivity contribution in [3.8, 4) is 0 Å². The molecule has 0 aliphatic heterocycles. The van der Waals surface area contributed by atoms with Gasteiger partial charge in [-0.25, -0.2) is 0 Å². The third-order valence-electron chi connectivity index (χ3n) is 2.08. The summed E-state index contributed by atoms with van der Waals surface area (Å²) in [6.45, 7) is 4.97. The van der Waals surface area contributed by atoms with Crippen molar-refractivity contribution in [1.29, 1.82) is 0 Å².